The Bertz CT molecular complexity index is 355. The SMILES string of the molecule is COC(C)c1nc(CN2CCNC[C@H]2C)cs1. The summed E-state index contributed by atoms with van der Waals surface area (Å²) in [7, 11) is 1.73. The molecule has 1 saturated heterocycles. The van der Waals surface area contributed by atoms with E-state index < -0.39 is 0 Å². The van der Waals surface area contributed by atoms with E-state index in [4.69, 9.17) is 4.74 Å². The fourth-order valence-corrected chi connectivity index (χ4v) is 2.85. The first-order chi connectivity index (χ1) is 8.20. The summed E-state index contributed by atoms with van der Waals surface area (Å²) >= 11 is 1.69. The highest BCUT2D eigenvalue weighted by Gasteiger charge is 2.19. The maximum Gasteiger partial charge on any atom is 0.122 e. The van der Waals surface area contributed by atoms with E-state index in [0.29, 0.717) is 6.04 Å². The molecule has 0 spiro atoms. The number of aromatic nitrogens is 1. The molecule has 0 aliphatic carbocycles. The molecule has 96 valence electrons. The molecule has 1 aromatic heterocycles. The van der Waals surface area contributed by atoms with Crippen LogP contribution in [-0.2, 0) is 11.3 Å². The second-order valence-corrected chi connectivity index (χ2v) is 5.47. The minimum atomic E-state index is 0.106. The Kier molecular flexibility index (Phi) is 4.50. The van der Waals surface area contributed by atoms with Crippen LogP contribution < -0.4 is 5.32 Å². The van der Waals surface area contributed by atoms with E-state index in [-0.39, 0.29) is 6.10 Å². The maximum absolute atomic E-state index is 5.28. The summed E-state index contributed by atoms with van der Waals surface area (Å²) in [5, 5.41) is 6.63. The predicted molar refractivity (Wildman–Crippen MR) is 70.3 cm³/mol. The summed E-state index contributed by atoms with van der Waals surface area (Å²) in [6.07, 6.45) is 0.106. The maximum atomic E-state index is 5.28. The first kappa shape index (κ1) is 13.0. The average Bonchev–Trinajstić information content (AvgIpc) is 2.80. The fraction of sp³-hybridized carbons (Fsp3) is 0.750. The number of ether oxygens (including phenoxy) is 1. The number of thiazole rings is 1. The van der Waals surface area contributed by atoms with Crippen LogP contribution in [-0.4, -0.2) is 42.7 Å². The van der Waals surface area contributed by atoms with Gasteiger partial charge in [-0.05, 0) is 13.8 Å². The zero-order chi connectivity index (χ0) is 12.3. The smallest absolute Gasteiger partial charge is 0.122 e. The van der Waals surface area contributed by atoms with Crippen molar-refractivity contribution in [3.05, 3.63) is 16.1 Å². The van der Waals surface area contributed by atoms with Gasteiger partial charge in [0, 0.05) is 44.7 Å². The van der Waals surface area contributed by atoms with Crippen molar-refractivity contribution < 1.29 is 4.74 Å². The molecule has 1 aliphatic rings. The average molecular weight is 255 g/mol. The van der Waals surface area contributed by atoms with E-state index in [1.165, 1.54) is 5.69 Å². The largest absolute Gasteiger partial charge is 0.375 e. The molecule has 0 bridgehead atoms. The van der Waals surface area contributed by atoms with Gasteiger partial charge in [-0.2, -0.15) is 0 Å². The molecule has 0 amide bonds. The van der Waals surface area contributed by atoms with Gasteiger partial charge in [0.15, 0.2) is 0 Å². The molecule has 0 radical (unpaired) electrons. The van der Waals surface area contributed by atoms with E-state index in [0.717, 1.165) is 31.2 Å². The zero-order valence-electron chi connectivity index (χ0n) is 10.8. The fourth-order valence-electron chi connectivity index (χ4n) is 2.01. The van der Waals surface area contributed by atoms with Gasteiger partial charge >= 0.3 is 0 Å². The summed E-state index contributed by atoms with van der Waals surface area (Å²) in [5.74, 6) is 0. The highest BCUT2D eigenvalue weighted by atomic mass is 32.1. The van der Waals surface area contributed by atoms with Crippen LogP contribution in [0.25, 0.3) is 0 Å². The van der Waals surface area contributed by atoms with Crippen LogP contribution in [0.5, 0.6) is 0 Å². The molecule has 1 aliphatic heterocycles. The third-order valence-electron chi connectivity index (χ3n) is 3.27. The minimum absolute atomic E-state index is 0.106. The third kappa shape index (κ3) is 3.25. The van der Waals surface area contributed by atoms with Gasteiger partial charge in [0.25, 0.3) is 0 Å². The van der Waals surface area contributed by atoms with Gasteiger partial charge < -0.3 is 10.1 Å². The van der Waals surface area contributed by atoms with Crippen LogP contribution in [0, 0.1) is 0 Å². The van der Waals surface area contributed by atoms with Crippen LogP contribution in [0.2, 0.25) is 0 Å². The molecule has 2 heterocycles. The molecule has 0 aromatic carbocycles. The number of rotatable bonds is 4. The number of hydrogen-bond donors (Lipinski definition) is 1. The summed E-state index contributed by atoms with van der Waals surface area (Å²) in [6.45, 7) is 8.51. The van der Waals surface area contributed by atoms with E-state index in [9.17, 15) is 0 Å². The molecule has 2 rings (SSSR count). The molecule has 2 atom stereocenters. The van der Waals surface area contributed by atoms with Gasteiger partial charge in [0.2, 0.25) is 0 Å². The van der Waals surface area contributed by atoms with Gasteiger partial charge in [-0.25, -0.2) is 4.98 Å². The van der Waals surface area contributed by atoms with Crippen molar-refractivity contribution in [2.75, 3.05) is 26.7 Å². The first-order valence-corrected chi connectivity index (χ1v) is 7.00. The minimum Gasteiger partial charge on any atom is -0.375 e. The van der Waals surface area contributed by atoms with Crippen molar-refractivity contribution in [3.63, 3.8) is 0 Å². The number of methoxy groups -OCH3 is 1. The monoisotopic (exact) mass is 255 g/mol. The van der Waals surface area contributed by atoms with Crippen molar-refractivity contribution in [1.82, 2.24) is 15.2 Å². The summed E-state index contributed by atoms with van der Waals surface area (Å²) in [5.41, 5.74) is 1.17. The molecule has 4 nitrogen and oxygen atoms in total. The van der Waals surface area contributed by atoms with Gasteiger partial charge in [-0.3, -0.25) is 4.90 Å². The number of piperazine rings is 1. The Morgan fingerprint density at radius 2 is 2.53 bits per heavy atom. The van der Waals surface area contributed by atoms with Gasteiger partial charge in [-0.1, -0.05) is 0 Å². The normalized spacial score (nSPS) is 23.8. The van der Waals surface area contributed by atoms with Crippen molar-refractivity contribution in [2.45, 2.75) is 32.5 Å². The lowest BCUT2D eigenvalue weighted by Gasteiger charge is -2.33. The van der Waals surface area contributed by atoms with Gasteiger partial charge in [0.1, 0.15) is 11.1 Å². The Morgan fingerprint density at radius 1 is 1.71 bits per heavy atom. The third-order valence-corrected chi connectivity index (χ3v) is 4.33. The lowest BCUT2D eigenvalue weighted by molar-refractivity contribution is 0.118. The number of hydrogen-bond acceptors (Lipinski definition) is 5. The Hall–Kier alpha value is -0.490. The summed E-state index contributed by atoms with van der Waals surface area (Å²) in [4.78, 5) is 7.12. The Morgan fingerprint density at radius 3 is 3.24 bits per heavy atom. The van der Waals surface area contributed by atoms with Crippen LogP contribution in [0.1, 0.15) is 30.7 Å². The molecular formula is C12H21N3OS. The first-order valence-electron chi connectivity index (χ1n) is 6.12. The molecule has 1 unspecified atom stereocenters. The Labute approximate surface area is 107 Å². The van der Waals surface area contributed by atoms with Crippen LogP contribution in [0.15, 0.2) is 5.38 Å². The zero-order valence-corrected chi connectivity index (χ0v) is 11.6. The van der Waals surface area contributed by atoms with Gasteiger partial charge in [-0.15, -0.1) is 11.3 Å². The molecule has 5 heteroatoms. The van der Waals surface area contributed by atoms with Gasteiger partial charge in [0.05, 0.1) is 5.69 Å². The quantitative estimate of drug-likeness (QED) is 0.887. The number of nitrogens with one attached hydrogen (secondary N) is 1. The van der Waals surface area contributed by atoms with Crippen LogP contribution >= 0.6 is 11.3 Å². The highest BCUT2D eigenvalue weighted by Crippen LogP contribution is 2.21. The molecule has 1 N–H and O–H groups in total. The summed E-state index contributed by atoms with van der Waals surface area (Å²) < 4.78 is 5.28. The van der Waals surface area contributed by atoms with E-state index in [2.05, 4.69) is 27.5 Å². The lowest BCUT2D eigenvalue weighted by Crippen LogP contribution is -2.49. The predicted octanol–water partition coefficient (Wildman–Crippen LogP) is 1.64. The van der Waals surface area contributed by atoms with Crippen molar-refractivity contribution in [3.8, 4) is 0 Å². The van der Waals surface area contributed by atoms with Crippen LogP contribution in [0.4, 0.5) is 0 Å². The topological polar surface area (TPSA) is 37.4 Å². The van der Waals surface area contributed by atoms with Crippen molar-refractivity contribution >= 4 is 11.3 Å². The van der Waals surface area contributed by atoms with Crippen molar-refractivity contribution in [2.24, 2.45) is 0 Å². The lowest BCUT2D eigenvalue weighted by atomic mass is 10.2. The molecule has 1 aromatic rings. The van der Waals surface area contributed by atoms with E-state index >= 15 is 0 Å². The number of nitrogens with zero attached hydrogens (tertiary/aromatic N) is 2. The molecular weight excluding hydrogens is 234 g/mol. The molecule has 17 heavy (non-hydrogen) atoms. The van der Waals surface area contributed by atoms with E-state index in [1.54, 1.807) is 18.4 Å². The molecule has 0 saturated carbocycles. The second kappa shape index (κ2) is 5.91. The summed E-state index contributed by atoms with van der Waals surface area (Å²) in [6, 6.07) is 0.591. The molecule has 1 fully saturated rings. The Balaban J connectivity index is 1.96. The highest BCUT2D eigenvalue weighted by molar-refractivity contribution is 7.09. The standard InChI is InChI=1S/C12H21N3OS/c1-9-6-13-4-5-15(9)7-11-8-17-12(14-11)10(2)16-3/h8-10,13H,4-7H2,1-3H3/t9-,10?/m1/s1. The van der Waals surface area contributed by atoms with Crippen LogP contribution in [0.3, 0.4) is 0 Å². The van der Waals surface area contributed by atoms with E-state index in [1.807, 2.05) is 6.92 Å². The second-order valence-electron chi connectivity index (χ2n) is 4.58. The van der Waals surface area contributed by atoms with Crippen molar-refractivity contribution in [1.29, 1.82) is 0 Å².